The second-order valence-electron chi connectivity index (χ2n) is 8.17. The van der Waals surface area contributed by atoms with Gasteiger partial charge in [-0.15, -0.1) is 0 Å². The summed E-state index contributed by atoms with van der Waals surface area (Å²) in [6.45, 7) is 6.35. The number of piperidine rings is 1. The van der Waals surface area contributed by atoms with Crippen LogP contribution in [-0.2, 0) is 20.7 Å². The highest BCUT2D eigenvalue weighted by molar-refractivity contribution is 5.84. The van der Waals surface area contributed by atoms with E-state index >= 15 is 0 Å². The molecule has 1 amide bonds. The Labute approximate surface area is 153 Å². The lowest BCUT2D eigenvalue weighted by Crippen LogP contribution is -2.60. The molecule has 142 valence electrons. The molecule has 0 aromatic heterocycles. The molecule has 2 aliphatic rings. The highest BCUT2D eigenvalue weighted by Crippen LogP contribution is 2.34. The van der Waals surface area contributed by atoms with Crippen LogP contribution in [0.15, 0.2) is 24.3 Å². The molecule has 2 saturated heterocycles. The van der Waals surface area contributed by atoms with Gasteiger partial charge in [0.15, 0.2) is 0 Å². The number of rotatable bonds is 3. The van der Waals surface area contributed by atoms with Gasteiger partial charge < -0.3 is 9.47 Å². The van der Waals surface area contributed by atoms with E-state index in [-0.39, 0.29) is 42.1 Å². The molecule has 26 heavy (non-hydrogen) atoms. The first-order chi connectivity index (χ1) is 12.2. The third-order valence-electron chi connectivity index (χ3n) is 4.85. The third kappa shape index (κ3) is 4.41. The molecule has 2 atom stereocenters. The quantitative estimate of drug-likeness (QED) is 0.826. The Balaban J connectivity index is 1.67. The Bertz CT molecular complexity index is 671. The van der Waals surface area contributed by atoms with E-state index in [2.05, 4.69) is 0 Å². The number of carbonyl (C=O) groups excluding carboxylic acids is 2. The SMILES string of the molecule is CC(C)(C)OC(=O)N1C2COCC1CC(C(=O)Cc1cccc(F)c1)C2. The fourth-order valence-electron chi connectivity index (χ4n) is 3.78. The van der Waals surface area contributed by atoms with Gasteiger partial charge in [-0.25, -0.2) is 9.18 Å². The second kappa shape index (κ2) is 7.35. The van der Waals surface area contributed by atoms with E-state index in [0.29, 0.717) is 31.6 Å². The van der Waals surface area contributed by atoms with Gasteiger partial charge in [0.05, 0.1) is 25.3 Å². The van der Waals surface area contributed by atoms with Gasteiger partial charge in [0, 0.05) is 12.3 Å². The van der Waals surface area contributed by atoms with Gasteiger partial charge in [-0.2, -0.15) is 0 Å². The first kappa shape index (κ1) is 18.8. The van der Waals surface area contributed by atoms with Crippen LogP contribution >= 0.6 is 0 Å². The van der Waals surface area contributed by atoms with E-state index in [1.165, 1.54) is 12.1 Å². The number of morpholine rings is 1. The molecule has 0 aliphatic carbocycles. The van der Waals surface area contributed by atoms with Crippen LogP contribution in [0.1, 0.15) is 39.2 Å². The van der Waals surface area contributed by atoms with Crippen LogP contribution in [0.5, 0.6) is 0 Å². The maximum Gasteiger partial charge on any atom is 0.410 e. The van der Waals surface area contributed by atoms with Gasteiger partial charge in [0.25, 0.3) is 0 Å². The van der Waals surface area contributed by atoms with Crippen molar-refractivity contribution in [2.24, 2.45) is 5.92 Å². The summed E-state index contributed by atoms with van der Waals surface area (Å²) in [4.78, 5) is 27.0. The number of halogens is 1. The first-order valence-electron chi connectivity index (χ1n) is 9.09. The van der Waals surface area contributed by atoms with Gasteiger partial charge in [0.1, 0.15) is 17.2 Å². The standard InChI is InChI=1S/C20H26FNO4/c1-20(2,3)26-19(24)22-16-9-14(10-17(22)12-25-11-16)18(23)8-13-5-4-6-15(21)7-13/h4-7,14,16-17H,8-12H2,1-3H3. The highest BCUT2D eigenvalue weighted by Gasteiger charge is 2.44. The van der Waals surface area contributed by atoms with E-state index in [1.54, 1.807) is 17.0 Å². The van der Waals surface area contributed by atoms with Crippen LogP contribution in [0.25, 0.3) is 0 Å². The minimum absolute atomic E-state index is 0.0938. The molecule has 2 heterocycles. The average Bonchev–Trinajstić information content (AvgIpc) is 2.51. The Morgan fingerprint density at radius 2 is 1.88 bits per heavy atom. The smallest absolute Gasteiger partial charge is 0.410 e. The molecule has 6 heteroatoms. The van der Waals surface area contributed by atoms with Crippen LogP contribution in [0.2, 0.25) is 0 Å². The van der Waals surface area contributed by atoms with Crippen LogP contribution in [0.4, 0.5) is 9.18 Å². The minimum atomic E-state index is -0.559. The van der Waals surface area contributed by atoms with Crippen molar-refractivity contribution in [2.75, 3.05) is 13.2 Å². The molecule has 2 unspecified atom stereocenters. The van der Waals surface area contributed by atoms with Crippen LogP contribution < -0.4 is 0 Å². The van der Waals surface area contributed by atoms with Gasteiger partial charge in [-0.1, -0.05) is 12.1 Å². The summed E-state index contributed by atoms with van der Waals surface area (Å²) in [6.07, 6.45) is 0.995. The van der Waals surface area contributed by atoms with Gasteiger partial charge >= 0.3 is 6.09 Å². The largest absolute Gasteiger partial charge is 0.444 e. The number of hydrogen-bond acceptors (Lipinski definition) is 4. The molecule has 2 fully saturated rings. The van der Waals surface area contributed by atoms with Crippen LogP contribution in [-0.4, -0.2) is 47.7 Å². The summed E-state index contributed by atoms with van der Waals surface area (Å²) in [6, 6.07) is 5.84. The molecule has 0 N–H and O–H groups in total. The topological polar surface area (TPSA) is 55.8 Å². The molecule has 0 spiro atoms. The monoisotopic (exact) mass is 363 g/mol. The summed E-state index contributed by atoms with van der Waals surface area (Å²) in [7, 11) is 0. The van der Waals surface area contributed by atoms with E-state index in [1.807, 2.05) is 20.8 Å². The van der Waals surface area contributed by atoms with Crippen molar-refractivity contribution in [1.29, 1.82) is 0 Å². The molecule has 0 radical (unpaired) electrons. The highest BCUT2D eigenvalue weighted by atomic mass is 19.1. The Hall–Kier alpha value is -1.95. The van der Waals surface area contributed by atoms with Crippen molar-refractivity contribution in [3.63, 3.8) is 0 Å². The number of ketones is 1. The average molecular weight is 363 g/mol. The Morgan fingerprint density at radius 1 is 1.23 bits per heavy atom. The van der Waals surface area contributed by atoms with Gasteiger partial charge in [-0.05, 0) is 51.3 Å². The molecule has 1 aromatic rings. The number of carbonyl (C=O) groups is 2. The maximum absolute atomic E-state index is 13.3. The van der Waals surface area contributed by atoms with Crippen LogP contribution in [0, 0.1) is 11.7 Å². The number of nitrogens with zero attached hydrogens (tertiary/aromatic N) is 1. The Morgan fingerprint density at radius 3 is 2.46 bits per heavy atom. The van der Waals surface area contributed by atoms with Crippen LogP contribution in [0.3, 0.4) is 0 Å². The number of fused-ring (bicyclic) bond motifs is 2. The fraction of sp³-hybridized carbons (Fsp3) is 0.600. The van der Waals surface area contributed by atoms with Gasteiger partial charge in [-0.3, -0.25) is 9.69 Å². The number of amides is 1. The zero-order valence-corrected chi connectivity index (χ0v) is 15.5. The summed E-state index contributed by atoms with van der Waals surface area (Å²) in [5.41, 5.74) is 0.127. The molecule has 2 aliphatic heterocycles. The van der Waals surface area contributed by atoms with E-state index in [0.717, 1.165) is 0 Å². The predicted octanol–water partition coefficient (Wildman–Crippen LogP) is 3.35. The molecular formula is C20H26FNO4. The first-order valence-corrected chi connectivity index (χ1v) is 9.09. The molecule has 1 aromatic carbocycles. The Kier molecular flexibility index (Phi) is 5.32. The molecule has 5 nitrogen and oxygen atoms in total. The maximum atomic E-state index is 13.3. The van der Waals surface area contributed by atoms with E-state index in [9.17, 15) is 14.0 Å². The van der Waals surface area contributed by atoms with Crippen molar-refractivity contribution in [3.8, 4) is 0 Å². The number of hydrogen-bond donors (Lipinski definition) is 0. The van der Waals surface area contributed by atoms with Gasteiger partial charge in [0.2, 0.25) is 0 Å². The third-order valence-corrected chi connectivity index (χ3v) is 4.85. The lowest BCUT2D eigenvalue weighted by molar-refractivity contribution is -0.131. The summed E-state index contributed by atoms with van der Waals surface area (Å²) < 4.78 is 24.5. The summed E-state index contributed by atoms with van der Waals surface area (Å²) >= 11 is 0. The zero-order valence-electron chi connectivity index (χ0n) is 15.5. The zero-order chi connectivity index (χ0) is 18.9. The molecule has 0 saturated carbocycles. The molecular weight excluding hydrogens is 337 g/mol. The number of Topliss-reactive ketones (excluding diaryl/α,β-unsaturated/α-hetero) is 1. The second-order valence-corrected chi connectivity index (χ2v) is 8.17. The fourth-order valence-corrected chi connectivity index (χ4v) is 3.78. The van der Waals surface area contributed by atoms with Crippen molar-refractivity contribution in [1.82, 2.24) is 4.90 Å². The van der Waals surface area contributed by atoms with Crippen molar-refractivity contribution in [3.05, 3.63) is 35.6 Å². The normalized spacial score (nSPS) is 25.7. The number of benzene rings is 1. The van der Waals surface area contributed by atoms with E-state index in [4.69, 9.17) is 9.47 Å². The predicted molar refractivity (Wildman–Crippen MR) is 94.3 cm³/mol. The summed E-state index contributed by atoms with van der Waals surface area (Å²) in [5, 5.41) is 0. The summed E-state index contributed by atoms with van der Waals surface area (Å²) in [5.74, 6) is -0.382. The van der Waals surface area contributed by atoms with E-state index < -0.39 is 5.60 Å². The lowest BCUT2D eigenvalue weighted by Gasteiger charge is -2.47. The van der Waals surface area contributed by atoms with Crippen molar-refractivity contribution in [2.45, 2.75) is 57.7 Å². The number of ether oxygens (including phenoxy) is 2. The van der Waals surface area contributed by atoms with Crippen molar-refractivity contribution >= 4 is 11.9 Å². The molecule has 2 bridgehead atoms. The minimum Gasteiger partial charge on any atom is -0.444 e. The van der Waals surface area contributed by atoms with Crippen molar-refractivity contribution < 1.29 is 23.5 Å². The lowest BCUT2D eigenvalue weighted by atomic mass is 9.81. The molecule has 3 rings (SSSR count).